The molecule has 1 fully saturated rings. The minimum atomic E-state index is -0.704. The maximum Gasteiger partial charge on any atom is 0.309 e. The van der Waals surface area contributed by atoms with Crippen molar-refractivity contribution in [2.45, 2.75) is 53.0 Å². The van der Waals surface area contributed by atoms with Gasteiger partial charge in [-0.05, 0) is 52.3 Å². The molecule has 2 rings (SSSR count). The van der Waals surface area contributed by atoms with Crippen molar-refractivity contribution in [2.75, 3.05) is 25.0 Å². The van der Waals surface area contributed by atoms with Gasteiger partial charge in [0.1, 0.15) is 5.82 Å². The monoisotopic (exact) mass is 321 g/mol. The summed E-state index contributed by atoms with van der Waals surface area (Å²) in [5.74, 6) is 0.401. The molecular formula is C18H31N3O2. The van der Waals surface area contributed by atoms with Crippen molar-refractivity contribution in [1.82, 2.24) is 10.3 Å². The molecule has 2 heterocycles. The summed E-state index contributed by atoms with van der Waals surface area (Å²) in [5.41, 5.74) is 0.687. The van der Waals surface area contributed by atoms with E-state index in [4.69, 9.17) is 5.11 Å². The lowest BCUT2D eigenvalue weighted by Crippen LogP contribution is -2.29. The second-order valence-corrected chi connectivity index (χ2v) is 6.85. The van der Waals surface area contributed by atoms with Gasteiger partial charge in [-0.1, -0.05) is 19.4 Å². The summed E-state index contributed by atoms with van der Waals surface area (Å²) in [4.78, 5) is 17.2. The van der Waals surface area contributed by atoms with Crippen LogP contribution in [0.3, 0.4) is 0 Å². The fourth-order valence-corrected chi connectivity index (χ4v) is 2.58. The topological polar surface area (TPSA) is 65.5 Å². The van der Waals surface area contributed by atoms with Crippen LogP contribution in [-0.2, 0) is 4.79 Å². The van der Waals surface area contributed by atoms with Crippen molar-refractivity contribution in [3.05, 3.63) is 23.9 Å². The molecule has 0 aromatic carbocycles. The first-order chi connectivity index (χ1) is 10.8. The Kier molecular flexibility index (Phi) is 7.49. The zero-order chi connectivity index (χ0) is 17.5. The van der Waals surface area contributed by atoms with Gasteiger partial charge in [0.05, 0.1) is 5.41 Å². The summed E-state index contributed by atoms with van der Waals surface area (Å²) < 4.78 is 0. The number of rotatable bonds is 5. The van der Waals surface area contributed by atoms with Gasteiger partial charge in [-0.2, -0.15) is 0 Å². The number of carboxylic acids is 1. The molecule has 0 saturated carbocycles. The summed E-state index contributed by atoms with van der Waals surface area (Å²) in [6.07, 6.45) is 4.83. The quantitative estimate of drug-likeness (QED) is 0.872. The molecule has 130 valence electrons. The molecule has 0 aliphatic carbocycles. The Morgan fingerprint density at radius 2 is 2.17 bits per heavy atom. The predicted molar refractivity (Wildman–Crippen MR) is 95.0 cm³/mol. The first-order valence-electron chi connectivity index (χ1n) is 8.38. The van der Waals surface area contributed by atoms with Crippen LogP contribution >= 0.6 is 0 Å². The molecule has 1 aliphatic rings. The molecule has 0 spiro atoms. The minimum absolute atomic E-state index is 0.533. The fraction of sp³-hybridized carbons (Fsp3) is 0.667. The number of likely N-dealkylation sites (N-methyl/N-ethyl adjacent to an activating group) is 1. The van der Waals surface area contributed by atoms with Gasteiger partial charge < -0.3 is 15.3 Å². The number of hydrogen-bond donors (Lipinski definition) is 2. The Balaban J connectivity index is 0.000000257. The lowest BCUT2D eigenvalue weighted by atomic mass is 9.88. The molecular weight excluding hydrogens is 290 g/mol. The number of pyridine rings is 1. The molecule has 5 nitrogen and oxygen atoms in total. The Bertz CT molecular complexity index is 486. The van der Waals surface area contributed by atoms with Crippen molar-refractivity contribution < 1.29 is 9.90 Å². The van der Waals surface area contributed by atoms with Crippen molar-refractivity contribution in [1.29, 1.82) is 0 Å². The first-order valence-corrected chi connectivity index (χ1v) is 8.38. The van der Waals surface area contributed by atoms with E-state index in [9.17, 15) is 4.79 Å². The van der Waals surface area contributed by atoms with E-state index in [1.54, 1.807) is 13.8 Å². The van der Waals surface area contributed by atoms with Crippen LogP contribution in [0.5, 0.6) is 0 Å². The van der Waals surface area contributed by atoms with E-state index in [1.165, 1.54) is 12.0 Å². The van der Waals surface area contributed by atoms with E-state index >= 15 is 0 Å². The SMILES string of the molecule is CCCC(C)(C)C(=O)O.CNC1CCN(c2ccc(C)cn2)C1. The number of carbonyl (C=O) groups is 1. The van der Waals surface area contributed by atoms with Gasteiger partial charge >= 0.3 is 5.97 Å². The van der Waals surface area contributed by atoms with Gasteiger partial charge in [0.2, 0.25) is 0 Å². The molecule has 1 aromatic heterocycles. The van der Waals surface area contributed by atoms with Gasteiger partial charge in [-0.25, -0.2) is 4.98 Å². The van der Waals surface area contributed by atoms with Crippen molar-refractivity contribution in [2.24, 2.45) is 5.41 Å². The fourth-order valence-electron chi connectivity index (χ4n) is 2.58. The maximum atomic E-state index is 10.4. The summed E-state index contributed by atoms with van der Waals surface area (Å²) in [5, 5.41) is 11.9. The van der Waals surface area contributed by atoms with Crippen LogP contribution in [0.2, 0.25) is 0 Å². The number of anilines is 1. The van der Waals surface area contributed by atoms with Crippen LogP contribution in [0.4, 0.5) is 5.82 Å². The third kappa shape index (κ3) is 6.18. The van der Waals surface area contributed by atoms with Crippen LogP contribution in [0.1, 0.15) is 45.6 Å². The molecule has 1 atom stereocenters. The van der Waals surface area contributed by atoms with Crippen molar-refractivity contribution in [3.63, 3.8) is 0 Å². The normalized spacial score (nSPS) is 17.6. The lowest BCUT2D eigenvalue weighted by molar-refractivity contribution is -0.147. The highest BCUT2D eigenvalue weighted by Gasteiger charge is 2.25. The smallest absolute Gasteiger partial charge is 0.309 e. The molecule has 1 aliphatic heterocycles. The van der Waals surface area contributed by atoms with Gasteiger partial charge in [0.25, 0.3) is 0 Å². The largest absolute Gasteiger partial charge is 0.481 e. The number of nitrogens with zero attached hydrogens (tertiary/aromatic N) is 2. The zero-order valence-corrected chi connectivity index (χ0v) is 15.1. The maximum absolute atomic E-state index is 10.4. The summed E-state index contributed by atoms with van der Waals surface area (Å²) in [6, 6.07) is 4.85. The van der Waals surface area contributed by atoms with E-state index in [0.717, 1.165) is 31.7 Å². The highest BCUT2D eigenvalue weighted by atomic mass is 16.4. The summed E-state index contributed by atoms with van der Waals surface area (Å²) in [7, 11) is 2.02. The van der Waals surface area contributed by atoms with Crippen LogP contribution in [0.25, 0.3) is 0 Å². The van der Waals surface area contributed by atoms with E-state index in [2.05, 4.69) is 34.3 Å². The lowest BCUT2D eigenvalue weighted by Gasteiger charge is -2.17. The molecule has 5 heteroatoms. The number of aliphatic carboxylic acids is 1. The van der Waals surface area contributed by atoms with E-state index in [-0.39, 0.29) is 0 Å². The van der Waals surface area contributed by atoms with Gasteiger partial charge in [0.15, 0.2) is 0 Å². The number of aryl methyl sites for hydroxylation is 1. The van der Waals surface area contributed by atoms with Gasteiger partial charge in [0, 0.05) is 25.3 Å². The van der Waals surface area contributed by atoms with Gasteiger partial charge in [-0.3, -0.25) is 4.79 Å². The molecule has 0 bridgehead atoms. The highest BCUT2D eigenvalue weighted by molar-refractivity contribution is 5.73. The van der Waals surface area contributed by atoms with Crippen molar-refractivity contribution >= 4 is 11.8 Å². The summed E-state index contributed by atoms with van der Waals surface area (Å²) >= 11 is 0. The first kappa shape index (κ1) is 19.4. The highest BCUT2D eigenvalue weighted by Crippen LogP contribution is 2.21. The Hall–Kier alpha value is -1.62. The standard InChI is InChI=1S/C11H17N3.C7H14O2/c1-9-3-4-11(13-7-9)14-6-5-10(8-14)12-2;1-4-5-7(2,3)6(8)9/h3-4,7,10,12H,5-6,8H2,1-2H3;4-5H2,1-3H3,(H,8,9). The van der Waals surface area contributed by atoms with Crippen LogP contribution in [0, 0.1) is 12.3 Å². The number of carboxylic acid groups (broad SMARTS) is 1. The Labute approximate surface area is 140 Å². The molecule has 2 N–H and O–H groups in total. The van der Waals surface area contributed by atoms with Crippen LogP contribution in [0.15, 0.2) is 18.3 Å². The number of aromatic nitrogens is 1. The van der Waals surface area contributed by atoms with Crippen molar-refractivity contribution in [3.8, 4) is 0 Å². The molecule has 0 amide bonds. The third-order valence-corrected chi connectivity index (χ3v) is 4.27. The average Bonchev–Trinajstić information content (AvgIpc) is 2.97. The number of nitrogens with one attached hydrogen (secondary N) is 1. The second-order valence-electron chi connectivity index (χ2n) is 6.85. The minimum Gasteiger partial charge on any atom is -0.481 e. The zero-order valence-electron chi connectivity index (χ0n) is 15.1. The van der Waals surface area contributed by atoms with E-state index in [1.807, 2.05) is 20.2 Å². The molecule has 1 unspecified atom stereocenters. The van der Waals surface area contributed by atoms with Gasteiger partial charge in [-0.15, -0.1) is 0 Å². The predicted octanol–water partition coefficient (Wildman–Crippen LogP) is 3.09. The van der Waals surface area contributed by atoms with E-state index in [0.29, 0.717) is 6.04 Å². The Morgan fingerprint density at radius 3 is 2.57 bits per heavy atom. The molecule has 23 heavy (non-hydrogen) atoms. The third-order valence-electron chi connectivity index (χ3n) is 4.27. The second kappa shape index (κ2) is 8.87. The van der Waals surface area contributed by atoms with E-state index < -0.39 is 11.4 Å². The van der Waals surface area contributed by atoms with Crippen LogP contribution < -0.4 is 10.2 Å². The Morgan fingerprint density at radius 1 is 1.48 bits per heavy atom. The summed E-state index contributed by atoms with van der Waals surface area (Å²) in [6.45, 7) is 9.74. The molecule has 1 saturated heterocycles. The molecule has 0 radical (unpaired) electrons. The average molecular weight is 321 g/mol. The molecule has 1 aromatic rings. The number of hydrogen-bond acceptors (Lipinski definition) is 4. The van der Waals surface area contributed by atoms with Crippen LogP contribution in [-0.4, -0.2) is 42.2 Å².